The van der Waals surface area contributed by atoms with Crippen LogP contribution in [0.2, 0.25) is 0 Å². The monoisotopic (exact) mass is 461 g/mol. The molecule has 2 amide bonds. The maximum atomic E-state index is 13.4. The summed E-state index contributed by atoms with van der Waals surface area (Å²) in [6.45, 7) is 3.56. The van der Waals surface area contributed by atoms with Crippen molar-refractivity contribution in [2.24, 2.45) is 5.41 Å². The number of amides is 2. The van der Waals surface area contributed by atoms with Gasteiger partial charge in [-0.25, -0.2) is 0 Å². The summed E-state index contributed by atoms with van der Waals surface area (Å²) >= 11 is 0. The lowest BCUT2D eigenvalue weighted by Crippen LogP contribution is -2.52. The number of carbonyl (C=O) groups is 2. The van der Waals surface area contributed by atoms with E-state index in [1.54, 1.807) is 18.2 Å². The Balaban J connectivity index is 1.28. The summed E-state index contributed by atoms with van der Waals surface area (Å²) in [6, 6.07) is 13.4. The number of aromatic amines is 1. The van der Waals surface area contributed by atoms with Crippen molar-refractivity contribution >= 4 is 22.8 Å². The first-order valence-electron chi connectivity index (χ1n) is 12.2. The first-order valence-corrected chi connectivity index (χ1v) is 12.2. The molecule has 0 bridgehead atoms. The summed E-state index contributed by atoms with van der Waals surface area (Å²) in [4.78, 5) is 28.4. The molecule has 2 aromatic carbocycles. The third kappa shape index (κ3) is 4.49. The van der Waals surface area contributed by atoms with Crippen LogP contribution < -0.4 is 10.1 Å². The zero-order chi connectivity index (χ0) is 23.5. The van der Waals surface area contributed by atoms with E-state index in [9.17, 15) is 9.59 Å². The Morgan fingerprint density at radius 3 is 2.71 bits per heavy atom. The number of hydrogen-bond donors (Lipinski definition) is 2. The van der Waals surface area contributed by atoms with E-state index in [1.807, 2.05) is 30.0 Å². The number of ether oxygens (including phenoxy) is 1. The van der Waals surface area contributed by atoms with Crippen LogP contribution in [0.4, 0.5) is 0 Å². The van der Waals surface area contributed by atoms with E-state index in [0.29, 0.717) is 43.6 Å². The fraction of sp³-hybridized carbons (Fsp3) is 0.462. The Morgan fingerprint density at radius 1 is 1.06 bits per heavy atom. The number of piperidine rings is 1. The smallest absolute Gasteiger partial charge is 0.253 e. The molecule has 0 aliphatic carbocycles. The van der Waals surface area contributed by atoms with Crippen molar-refractivity contribution in [1.82, 2.24) is 25.6 Å². The first-order chi connectivity index (χ1) is 16.5. The highest BCUT2D eigenvalue weighted by atomic mass is 16.5. The number of likely N-dealkylation sites (tertiary alicyclic amines) is 1. The van der Waals surface area contributed by atoms with Gasteiger partial charge in [-0.15, -0.1) is 0 Å². The predicted octanol–water partition coefficient (Wildman–Crippen LogP) is 3.49. The molecule has 0 unspecified atom stereocenters. The summed E-state index contributed by atoms with van der Waals surface area (Å²) in [6.07, 6.45) is 5.08. The molecule has 1 fully saturated rings. The Labute approximate surface area is 199 Å². The lowest BCUT2D eigenvalue weighted by Gasteiger charge is -2.41. The molecule has 0 radical (unpaired) electrons. The third-order valence-corrected chi connectivity index (χ3v) is 7.24. The molecule has 3 aromatic rings. The normalized spacial score (nSPS) is 21.1. The maximum absolute atomic E-state index is 13.4. The molecule has 1 atom stereocenters. The highest BCUT2D eigenvalue weighted by Crippen LogP contribution is 2.38. The van der Waals surface area contributed by atoms with Crippen LogP contribution in [0.3, 0.4) is 0 Å². The van der Waals surface area contributed by atoms with Crippen LogP contribution in [0.1, 0.15) is 54.9 Å². The van der Waals surface area contributed by atoms with Gasteiger partial charge in [0.1, 0.15) is 23.4 Å². The molecule has 8 nitrogen and oxygen atoms in total. The molecule has 2 aliphatic heterocycles. The fourth-order valence-corrected chi connectivity index (χ4v) is 5.15. The number of hydrogen-bond acceptors (Lipinski definition) is 5. The summed E-state index contributed by atoms with van der Waals surface area (Å²) in [5, 5.41) is 13.9. The molecule has 2 aliphatic rings. The van der Waals surface area contributed by atoms with E-state index in [4.69, 9.17) is 4.74 Å². The largest absolute Gasteiger partial charge is 0.491 e. The first kappa shape index (κ1) is 22.4. The maximum Gasteiger partial charge on any atom is 0.253 e. The van der Waals surface area contributed by atoms with Gasteiger partial charge in [-0.05, 0) is 68.9 Å². The summed E-state index contributed by atoms with van der Waals surface area (Å²) in [5.41, 5.74) is 2.79. The van der Waals surface area contributed by atoms with Crippen LogP contribution in [0.15, 0.2) is 42.5 Å². The van der Waals surface area contributed by atoms with Gasteiger partial charge in [0.25, 0.3) is 5.91 Å². The molecular formula is C26H31N5O3. The van der Waals surface area contributed by atoms with E-state index in [-0.39, 0.29) is 17.9 Å². The van der Waals surface area contributed by atoms with Crippen molar-refractivity contribution in [3.8, 4) is 5.75 Å². The van der Waals surface area contributed by atoms with Crippen molar-refractivity contribution in [2.75, 3.05) is 19.7 Å². The Kier molecular flexibility index (Phi) is 6.22. The second-order valence-electron chi connectivity index (χ2n) is 9.60. The summed E-state index contributed by atoms with van der Waals surface area (Å²) in [5.74, 6) is 0.981. The minimum atomic E-state index is -0.445. The molecule has 5 rings (SSSR count). The zero-order valence-electron chi connectivity index (χ0n) is 19.5. The number of rotatable bonds is 1. The van der Waals surface area contributed by atoms with Gasteiger partial charge >= 0.3 is 0 Å². The van der Waals surface area contributed by atoms with Crippen molar-refractivity contribution in [1.29, 1.82) is 0 Å². The third-order valence-electron chi connectivity index (χ3n) is 7.24. The van der Waals surface area contributed by atoms with Crippen molar-refractivity contribution in [2.45, 2.75) is 51.5 Å². The van der Waals surface area contributed by atoms with Crippen LogP contribution in [-0.4, -0.2) is 57.9 Å². The number of fused-ring (bicyclic) bond motifs is 2. The van der Waals surface area contributed by atoms with Gasteiger partial charge in [-0.3, -0.25) is 9.59 Å². The molecule has 2 N–H and O–H groups in total. The minimum Gasteiger partial charge on any atom is -0.491 e. The molecule has 178 valence electrons. The van der Waals surface area contributed by atoms with E-state index < -0.39 is 5.41 Å². The molecule has 0 saturated carbocycles. The van der Waals surface area contributed by atoms with E-state index in [0.717, 1.165) is 36.9 Å². The second-order valence-corrected chi connectivity index (χ2v) is 9.60. The number of aryl methyl sites for hydroxylation is 1. The average molecular weight is 462 g/mol. The van der Waals surface area contributed by atoms with Crippen LogP contribution in [0.5, 0.6) is 5.75 Å². The minimum absolute atomic E-state index is 0.0216. The fourth-order valence-electron chi connectivity index (χ4n) is 5.15. The highest BCUT2D eigenvalue weighted by Gasteiger charge is 2.42. The van der Waals surface area contributed by atoms with E-state index in [1.165, 1.54) is 5.56 Å². The van der Waals surface area contributed by atoms with Crippen molar-refractivity contribution < 1.29 is 14.3 Å². The SMILES string of the molecule is C[C@@H]1COc2ccccc2CCCCC2(CCN(C(=O)c3ccc4n[nH]nc4c3)CC2)C(=O)N1. The molecule has 3 heterocycles. The second kappa shape index (κ2) is 9.44. The van der Waals surface area contributed by atoms with Gasteiger partial charge in [0.2, 0.25) is 5.91 Å². The molecule has 1 spiro atoms. The van der Waals surface area contributed by atoms with E-state index in [2.05, 4.69) is 26.8 Å². The molecule has 8 heteroatoms. The van der Waals surface area contributed by atoms with Gasteiger partial charge in [0.05, 0.1) is 11.5 Å². The van der Waals surface area contributed by atoms with Gasteiger partial charge in [-0.2, -0.15) is 15.4 Å². The van der Waals surface area contributed by atoms with Crippen molar-refractivity contribution in [3.05, 3.63) is 53.6 Å². The number of benzene rings is 2. The summed E-state index contributed by atoms with van der Waals surface area (Å²) in [7, 11) is 0. The van der Waals surface area contributed by atoms with Crippen LogP contribution >= 0.6 is 0 Å². The van der Waals surface area contributed by atoms with Crippen LogP contribution in [0.25, 0.3) is 11.0 Å². The standard InChI is InChI=1S/C26H31N5O3/c1-18-17-34-23-8-3-2-6-19(23)7-4-5-11-26(25(33)27-18)12-14-31(15-13-26)24(32)20-9-10-21-22(16-20)29-30-28-21/h2-3,6,8-10,16,18H,4-5,7,11-15,17H2,1H3,(H,27,33)(H,28,29,30)/t18-/m1/s1. The lowest BCUT2D eigenvalue weighted by molar-refractivity contribution is -0.135. The topological polar surface area (TPSA) is 100 Å². The number of H-pyrrole nitrogens is 1. The highest BCUT2D eigenvalue weighted by molar-refractivity contribution is 5.97. The quantitative estimate of drug-likeness (QED) is 0.578. The Morgan fingerprint density at radius 2 is 1.85 bits per heavy atom. The predicted molar refractivity (Wildman–Crippen MR) is 129 cm³/mol. The van der Waals surface area contributed by atoms with Gasteiger partial charge in [0, 0.05) is 18.7 Å². The Hall–Kier alpha value is -3.42. The average Bonchev–Trinajstić information content (AvgIpc) is 3.33. The lowest BCUT2D eigenvalue weighted by atomic mass is 9.73. The number of para-hydroxylation sites is 1. The van der Waals surface area contributed by atoms with Crippen molar-refractivity contribution in [3.63, 3.8) is 0 Å². The zero-order valence-corrected chi connectivity index (χ0v) is 19.5. The number of nitrogens with zero attached hydrogens (tertiary/aromatic N) is 3. The number of aromatic nitrogens is 3. The number of carbonyl (C=O) groups excluding carboxylic acids is 2. The molecule has 1 aromatic heterocycles. The van der Waals surface area contributed by atoms with Gasteiger partial charge < -0.3 is 15.0 Å². The van der Waals surface area contributed by atoms with E-state index >= 15 is 0 Å². The number of nitrogens with one attached hydrogen (secondary N) is 2. The molecule has 1 saturated heterocycles. The van der Waals surface area contributed by atoms with Gasteiger partial charge in [-0.1, -0.05) is 24.6 Å². The van der Waals surface area contributed by atoms with Crippen LogP contribution in [-0.2, 0) is 11.2 Å². The summed E-state index contributed by atoms with van der Waals surface area (Å²) < 4.78 is 6.04. The van der Waals surface area contributed by atoms with Crippen LogP contribution in [0, 0.1) is 5.41 Å². The Bertz CT molecular complexity index is 1180. The van der Waals surface area contributed by atoms with Gasteiger partial charge in [0.15, 0.2) is 0 Å². The molecule has 34 heavy (non-hydrogen) atoms. The molecular weight excluding hydrogens is 430 g/mol.